The number of oxazole rings is 1. The summed E-state index contributed by atoms with van der Waals surface area (Å²) >= 11 is 0. The standard InChI is InChI=1S/C30H27NO4.Na/c32-27(33)20-34-25-16-9-10-21(19-25)18-24-15-7-8-17-26(24)30-31-28(22-11-3-1-4-12-22)29(35-30)23-13-5-2-6-14-23;/h1-6,9-14,16-17,19,24H,7-8,15,18,20H2,(H,32,33);/t24-;/m0./s1. The first-order chi connectivity index (χ1) is 17.2. The van der Waals surface area contributed by atoms with Crippen molar-refractivity contribution >= 4 is 41.1 Å². The Morgan fingerprint density at radius 2 is 1.69 bits per heavy atom. The number of carboxylic acids is 1. The summed E-state index contributed by atoms with van der Waals surface area (Å²) in [7, 11) is 0. The van der Waals surface area contributed by atoms with Gasteiger partial charge < -0.3 is 14.3 Å². The number of allylic oxidation sites excluding steroid dienone is 2. The number of carboxylic acid groups (broad SMARTS) is 1. The molecule has 1 aromatic heterocycles. The topological polar surface area (TPSA) is 72.6 Å². The number of hydrogen-bond acceptors (Lipinski definition) is 4. The monoisotopic (exact) mass is 488 g/mol. The van der Waals surface area contributed by atoms with Crippen molar-refractivity contribution in [1.29, 1.82) is 0 Å². The van der Waals surface area contributed by atoms with Gasteiger partial charge in [-0.3, -0.25) is 0 Å². The molecular formula is C30H27NNaO4. The van der Waals surface area contributed by atoms with Crippen molar-refractivity contribution in [3.8, 4) is 28.3 Å². The van der Waals surface area contributed by atoms with E-state index in [1.54, 1.807) is 6.07 Å². The normalized spacial score (nSPS) is 15.0. The summed E-state index contributed by atoms with van der Waals surface area (Å²) < 4.78 is 11.9. The number of rotatable bonds is 8. The Balaban J connectivity index is 0.00000304. The maximum absolute atomic E-state index is 10.9. The second-order valence-electron chi connectivity index (χ2n) is 8.75. The van der Waals surface area contributed by atoms with Crippen LogP contribution in [-0.4, -0.2) is 52.2 Å². The molecule has 0 fully saturated rings. The maximum Gasteiger partial charge on any atom is 0.341 e. The molecule has 0 aliphatic heterocycles. The molecule has 0 saturated heterocycles. The van der Waals surface area contributed by atoms with Crippen molar-refractivity contribution in [2.45, 2.75) is 25.7 Å². The van der Waals surface area contributed by atoms with Gasteiger partial charge in [0.25, 0.3) is 0 Å². The first-order valence-electron chi connectivity index (χ1n) is 11.9. The van der Waals surface area contributed by atoms with E-state index in [0.717, 1.165) is 59.4 Å². The molecule has 0 unspecified atom stereocenters. The van der Waals surface area contributed by atoms with Crippen LogP contribution >= 0.6 is 0 Å². The second-order valence-corrected chi connectivity index (χ2v) is 8.75. The van der Waals surface area contributed by atoms with Crippen LogP contribution in [-0.2, 0) is 11.2 Å². The van der Waals surface area contributed by atoms with Gasteiger partial charge in [-0.15, -0.1) is 0 Å². The Morgan fingerprint density at radius 3 is 2.42 bits per heavy atom. The number of hydrogen-bond donors (Lipinski definition) is 1. The van der Waals surface area contributed by atoms with Gasteiger partial charge in [-0.05, 0) is 49.3 Å². The molecule has 0 bridgehead atoms. The summed E-state index contributed by atoms with van der Waals surface area (Å²) in [4.78, 5) is 15.9. The van der Waals surface area contributed by atoms with Gasteiger partial charge in [0.2, 0.25) is 5.89 Å². The van der Waals surface area contributed by atoms with Crippen LogP contribution in [0.1, 0.15) is 30.7 Å². The van der Waals surface area contributed by atoms with Gasteiger partial charge in [-0.1, -0.05) is 78.9 Å². The van der Waals surface area contributed by atoms with Crippen LogP contribution in [0.15, 0.2) is 95.4 Å². The van der Waals surface area contributed by atoms with Crippen LogP contribution < -0.4 is 4.74 Å². The van der Waals surface area contributed by atoms with Crippen LogP contribution in [0.5, 0.6) is 5.75 Å². The molecule has 0 amide bonds. The predicted molar refractivity (Wildman–Crippen MR) is 142 cm³/mol. The van der Waals surface area contributed by atoms with E-state index in [2.05, 4.69) is 24.3 Å². The van der Waals surface area contributed by atoms with Gasteiger partial charge in [0.1, 0.15) is 11.4 Å². The fourth-order valence-electron chi connectivity index (χ4n) is 4.63. The first kappa shape index (κ1) is 26.0. The van der Waals surface area contributed by atoms with E-state index in [1.807, 2.05) is 60.7 Å². The van der Waals surface area contributed by atoms with Crippen molar-refractivity contribution in [1.82, 2.24) is 4.98 Å². The molecule has 5 nitrogen and oxygen atoms in total. The molecule has 3 aromatic carbocycles. The summed E-state index contributed by atoms with van der Waals surface area (Å²) in [5.41, 5.74) is 5.11. The molecule has 0 spiro atoms. The van der Waals surface area contributed by atoms with Gasteiger partial charge in [-0.2, -0.15) is 0 Å². The Morgan fingerprint density at radius 1 is 0.972 bits per heavy atom. The Bertz CT molecular complexity index is 1270. The average Bonchev–Trinajstić information content (AvgIpc) is 3.34. The van der Waals surface area contributed by atoms with E-state index >= 15 is 0 Å². The molecule has 5 rings (SSSR count). The number of nitrogens with zero attached hydrogens (tertiary/aromatic N) is 1. The minimum atomic E-state index is -0.986. The number of aliphatic carboxylic acids is 1. The van der Waals surface area contributed by atoms with Crippen LogP contribution in [0, 0.1) is 5.92 Å². The maximum atomic E-state index is 10.9. The summed E-state index contributed by atoms with van der Waals surface area (Å²) in [5, 5.41) is 8.91. The zero-order chi connectivity index (χ0) is 24.0. The van der Waals surface area contributed by atoms with Crippen LogP contribution in [0.3, 0.4) is 0 Å². The molecule has 1 heterocycles. The Labute approximate surface area is 233 Å². The quantitative estimate of drug-likeness (QED) is 0.286. The number of aromatic nitrogens is 1. The van der Waals surface area contributed by atoms with Crippen LogP contribution in [0.4, 0.5) is 0 Å². The molecule has 0 saturated carbocycles. The zero-order valence-corrected chi connectivity index (χ0v) is 22.4. The fourth-order valence-corrected chi connectivity index (χ4v) is 4.63. The third kappa shape index (κ3) is 6.16. The largest absolute Gasteiger partial charge is 0.482 e. The third-order valence-corrected chi connectivity index (χ3v) is 6.26. The summed E-state index contributed by atoms with van der Waals surface area (Å²) in [6, 6.07) is 27.9. The molecule has 36 heavy (non-hydrogen) atoms. The molecular weight excluding hydrogens is 461 g/mol. The zero-order valence-electron chi connectivity index (χ0n) is 20.4. The van der Waals surface area contributed by atoms with Crippen molar-refractivity contribution in [3.63, 3.8) is 0 Å². The van der Waals surface area contributed by atoms with Crippen LogP contribution in [0.2, 0.25) is 0 Å². The first-order valence-corrected chi connectivity index (χ1v) is 11.9. The van der Waals surface area contributed by atoms with E-state index in [9.17, 15) is 4.79 Å². The molecule has 1 radical (unpaired) electrons. The number of ether oxygens (including phenoxy) is 1. The molecule has 1 N–H and O–H groups in total. The Kier molecular flexibility index (Phi) is 8.81. The van der Waals surface area contributed by atoms with Gasteiger partial charge in [-0.25, -0.2) is 9.78 Å². The summed E-state index contributed by atoms with van der Waals surface area (Å²) in [6.07, 6.45) is 6.21. The van der Waals surface area contributed by atoms with E-state index in [-0.39, 0.29) is 42.1 Å². The Hall–Kier alpha value is -3.12. The van der Waals surface area contributed by atoms with Crippen molar-refractivity contribution in [2.75, 3.05) is 6.61 Å². The number of benzene rings is 3. The van der Waals surface area contributed by atoms with Crippen molar-refractivity contribution in [3.05, 3.63) is 102 Å². The molecule has 1 atom stereocenters. The predicted octanol–water partition coefficient (Wildman–Crippen LogP) is 6.52. The third-order valence-electron chi connectivity index (χ3n) is 6.26. The van der Waals surface area contributed by atoms with E-state index in [0.29, 0.717) is 11.6 Å². The van der Waals surface area contributed by atoms with E-state index in [4.69, 9.17) is 19.2 Å². The molecule has 1 aliphatic carbocycles. The van der Waals surface area contributed by atoms with Crippen molar-refractivity contribution < 1.29 is 19.1 Å². The molecule has 4 aromatic rings. The van der Waals surface area contributed by atoms with Gasteiger partial charge in [0.05, 0.1) is 0 Å². The molecule has 1 aliphatic rings. The molecule has 177 valence electrons. The van der Waals surface area contributed by atoms with Gasteiger partial charge >= 0.3 is 5.97 Å². The van der Waals surface area contributed by atoms with Gasteiger partial charge in [0, 0.05) is 46.3 Å². The minimum absolute atomic E-state index is 0. The summed E-state index contributed by atoms with van der Waals surface area (Å²) in [6.45, 7) is -0.348. The minimum Gasteiger partial charge on any atom is -0.482 e. The number of carbonyl (C=O) groups is 1. The fraction of sp³-hybridized carbons (Fsp3) is 0.200. The average molecular weight is 489 g/mol. The van der Waals surface area contributed by atoms with Crippen molar-refractivity contribution in [2.24, 2.45) is 5.92 Å². The second kappa shape index (κ2) is 12.2. The van der Waals surface area contributed by atoms with Gasteiger partial charge in [0.15, 0.2) is 12.4 Å². The SMILES string of the molecule is O=C(O)COc1cccc(C[C@@H]2CCCC=C2c2nc(-c3ccccc3)c(-c3ccccc3)o2)c1.[Na]. The smallest absolute Gasteiger partial charge is 0.341 e. The van der Waals surface area contributed by atoms with E-state index < -0.39 is 5.97 Å². The summed E-state index contributed by atoms with van der Waals surface area (Å²) in [5.74, 6) is 1.29. The molecule has 6 heteroatoms. The van der Waals surface area contributed by atoms with E-state index in [1.165, 1.54) is 0 Å². The van der Waals surface area contributed by atoms with Crippen LogP contribution in [0.25, 0.3) is 28.2 Å².